The largest absolute Gasteiger partial charge is 0.484 e. The van der Waals surface area contributed by atoms with Gasteiger partial charge in [-0.3, -0.25) is 9.59 Å². The molecule has 9 heteroatoms. The number of carbonyl (C=O) groups is 2. The van der Waals surface area contributed by atoms with Gasteiger partial charge in [-0.15, -0.1) is 0 Å². The Balaban J connectivity index is 1.73. The number of hydrogen-bond donors (Lipinski definition) is 2. The van der Waals surface area contributed by atoms with Crippen molar-refractivity contribution in [2.24, 2.45) is 0 Å². The molecule has 5 nitrogen and oxygen atoms in total. The summed E-state index contributed by atoms with van der Waals surface area (Å²) >= 11 is 3.27. The molecule has 144 valence electrons. The Morgan fingerprint density at radius 3 is 2.19 bits per heavy atom. The Kier molecular flexibility index (Phi) is 7.23. The Morgan fingerprint density at radius 1 is 0.963 bits per heavy atom. The highest BCUT2D eigenvalue weighted by atomic mass is 79.9. The Bertz CT molecular complexity index is 778. The highest BCUT2D eigenvalue weighted by Gasteiger charge is 2.28. The zero-order valence-electron chi connectivity index (χ0n) is 14.0. The van der Waals surface area contributed by atoms with E-state index in [4.69, 9.17) is 0 Å². The van der Waals surface area contributed by atoms with Crippen LogP contribution in [0.25, 0.3) is 0 Å². The number of halogens is 4. The Morgan fingerprint density at radius 2 is 1.59 bits per heavy atom. The number of alkyl halides is 3. The molecule has 2 amide bonds. The molecule has 2 aromatic carbocycles. The van der Waals surface area contributed by atoms with Gasteiger partial charge >= 0.3 is 6.18 Å². The summed E-state index contributed by atoms with van der Waals surface area (Å²) in [5.41, 5.74) is 1.11. The van der Waals surface area contributed by atoms with Gasteiger partial charge in [0, 0.05) is 16.6 Å². The van der Waals surface area contributed by atoms with Crippen molar-refractivity contribution in [3.05, 3.63) is 64.1 Å². The molecule has 0 heterocycles. The molecule has 0 aliphatic rings. The molecule has 27 heavy (non-hydrogen) atoms. The van der Waals surface area contributed by atoms with Crippen molar-refractivity contribution in [3.63, 3.8) is 0 Å². The highest BCUT2D eigenvalue weighted by molar-refractivity contribution is 9.10. The fraction of sp³-hybridized carbons (Fsp3) is 0.222. The van der Waals surface area contributed by atoms with E-state index in [9.17, 15) is 22.8 Å². The zero-order valence-corrected chi connectivity index (χ0v) is 15.6. The summed E-state index contributed by atoms with van der Waals surface area (Å²) in [6.45, 7) is -1.38. The first-order chi connectivity index (χ1) is 12.7. The van der Waals surface area contributed by atoms with Crippen LogP contribution in [-0.4, -0.2) is 31.1 Å². The predicted octanol–water partition coefficient (Wildman–Crippen LogP) is 3.44. The van der Waals surface area contributed by atoms with Gasteiger partial charge in [-0.1, -0.05) is 28.1 Å². The van der Waals surface area contributed by atoms with Crippen LogP contribution in [0, 0.1) is 0 Å². The fourth-order valence-corrected chi connectivity index (χ4v) is 2.26. The van der Waals surface area contributed by atoms with E-state index in [1.165, 1.54) is 12.1 Å². The lowest BCUT2D eigenvalue weighted by Crippen LogP contribution is -2.36. The Hall–Kier alpha value is -2.55. The summed E-state index contributed by atoms with van der Waals surface area (Å²) in [7, 11) is 0. The molecule has 0 aliphatic heterocycles. The fourth-order valence-electron chi connectivity index (χ4n) is 2.00. The van der Waals surface area contributed by atoms with Crippen LogP contribution >= 0.6 is 15.9 Å². The number of benzene rings is 2. The standard InChI is InChI=1S/C18H16BrF3N2O3/c19-14-5-3-13(4-6-14)17(26)24-10-16(25)23-9-12-1-7-15(8-2-12)27-11-18(20,21)22/h1-8H,9-11H2,(H,23,25)(H,24,26). The quantitative estimate of drug-likeness (QED) is 0.687. The molecule has 0 fully saturated rings. The molecule has 0 aromatic heterocycles. The third kappa shape index (κ3) is 7.69. The second-order valence-corrected chi connectivity index (χ2v) is 6.43. The van der Waals surface area contributed by atoms with Gasteiger partial charge in [-0.25, -0.2) is 0 Å². The van der Waals surface area contributed by atoms with E-state index in [-0.39, 0.29) is 24.7 Å². The number of hydrogen-bond acceptors (Lipinski definition) is 3. The summed E-state index contributed by atoms with van der Waals surface area (Å²) in [6, 6.07) is 12.6. The number of ether oxygens (including phenoxy) is 1. The van der Waals surface area contributed by atoms with Gasteiger partial charge in [0.15, 0.2) is 6.61 Å². The monoisotopic (exact) mass is 444 g/mol. The molecule has 2 aromatic rings. The van der Waals surface area contributed by atoms with Crippen LogP contribution < -0.4 is 15.4 Å². The van der Waals surface area contributed by atoms with Crippen LogP contribution in [0.2, 0.25) is 0 Å². The maximum absolute atomic E-state index is 12.1. The van der Waals surface area contributed by atoms with Crippen molar-refractivity contribution in [1.82, 2.24) is 10.6 Å². The summed E-state index contributed by atoms with van der Waals surface area (Å²) in [5, 5.41) is 5.11. The number of amides is 2. The second-order valence-electron chi connectivity index (χ2n) is 5.51. The number of nitrogens with one attached hydrogen (secondary N) is 2. The zero-order chi connectivity index (χ0) is 19.9. The summed E-state index contributed by atoms with van der Waals surface area (Å²) in [5.74, 6) is -0.675. The van der Waals surface area contributed by atoms with Gasteiger partial charge in [0.2, 0.25) is 5.91 Å². The Labute approximate surface area is 162 Å². The lowest BCUT2D eigenvalue weighted by atomic mass is 10.2. The number of rotatable bonds is 7. The molecule has 2 rings (SSSR count). The van der Waals surface area contributed by atoms with E-state index in [0.717, 1.165) is 4.47 Å². The average molecular weight is 445 g/mol. The van der Waals surface area contributed by atoms with Crippen LogP contribution in [0.4, 0.5) is 13.2 Å². The topological polar surface area (TPSA) is 67.4 Å². The smallest absolute Gasteiger partial charge is 0.422 e. The van der Waals surface area contributed by atoms with Gasteiger partial charge < -0.3 is 15.4 Å². The molecule has 0 spiro atoms. The summed E-state index contributed by atoms with van der Waals surface area (Å²) in [6.07, 6.45) is -4.40. The van der Waals surface area contributed by atoms with Crippen LogP contribution in [0.15, 0.2) is 53.0 Å². The van der Waals surface area contributed by atoms with Crippen LogP contribution in [0.1, 0.15) is 15.9 Å². The SMILES string of the molecule is O=C(CNC(=O)c1ccc(Br)cc1)NCc1ccc(OCC(F)(F)F)cc1. The van der Waals surface area contributed by atoms with E-state index in [2.05, 4.69) is 31.3 Å². The number of carbonyl (C=O) groups excluding carboxylic acids is 2. The van der Waals surface area contributed by atoms with Gasteiger partial charge in [0.25, 0.3) is 5.91 Å². The summed E-state index contributed by atoms with van der Waals surface area (Å²) in [4.78, 5) is 23.7. The van der Waals surface area contributed by atoms with E-state index < -0.39 is 18.7 Å². The maximum atomic E-state index is 12.1. The lowest BCUT2D eigenvalue weighted by molar-refractivity contribution is -0.153. The van der Waals surface area contributed by atoms with Crippen LogP contribution in [0.5, 0.6) is 5.75 Å². The van der Waals surface area contributed by atoms with Crippen molar-refractivity contribution in [1.29, 1.82) is 0 Å². The molecule has 2 N–H and O–H groups in total. The normalized spacial score (nSPS) is 11.0. The van der Waals surface area contributed by atoms with E-state index in [0.29, 0.717) is 11.1 Å². The second kappa shape index (κ2) is 9.40. The minimum atomic E-state index is -4.40. The molecule has 0 unspecified atom stereocenters. The molecule has 0 radical (unpaired) electrons. The predicted molar refractivity (Wildman–Crippen MR) is 96.3 cm³/mol. The van der Waals surface area contributed by atoms with Crippen molar-refractivity contribution in [3.8, 4) is 5.75 Å². The maximum Gasteiger partial charge on any atom is 0.422 e. The molecule has 0 aliphatic carbocycles. The molecule has 0 atom stereocenters. The molecule has 0 saturated heterocycles. The van der Waals surface area contributed by atoms with E-state index in [1.807, 2.05) is 0 Å². The molecule has 0 saturated carbocycles. The van der Waals surface area contributed by atoms with Crippen LogP contribution in [0.3, 0.4) is 0 Å². The molecular formula is C18H16BrF3N2O3. The highest BCUT2D eigenvalue weighted by Crippen LogP contribution is 2.18. The van der Waals surface area contributed by atoms with Gasteiger partial charge in [-0.05, 0) is 42.0 Å². The molecular weight excluding hydrogens is 429 g/mol. The third-order valence-electron chi connectivity index (χ3n) is 3.33. The van der Waals surface area contributed by atoms with Gasteiger partial charge in [0.05, 0.1) is 6.54 Å². The van der Waals surface area contributed by atoms with Crippen LogP contribution in [-0.2, 0) is 11.3 Å². The van der Waals surface area contributed by atoms with Crippen molar-refractivity contribution in [2.75, 3.05) is 13.2 Å². The summed E-state index contributed by atoms with van der Waals surface area (Å²) < 4.78 is 41.7. The first-order valence-electron chi connectivity index (χ1n) is 7.82. The van der Waals surface area contributed by atoms with Gasteiger partial charge in [0.1, 0.15) is 5.75 Å². The first kappa shape index (κ1) is 20.8. The third-order valence-corrected chi connectivity index (χ3v) is 3.86. The van der Waals surface area contributed by atoms with Crippen molar-refractivity contribution in [2.45, 2.75) is 12.7 Å². The van der Waals surface area contributed by atoms with Crippen molar-refractivity contribution >= 4 is 27.7 Å². The first-order valence-corrected chi connectivity index (χ1v) is 8.61. The van der Waals surface area contributed by atoms with Crippen molar-refractivity contribution < 1.29 is 27.5 Å². The van der Waals surface area contributed by atoms with Gasteiger partial charge in [-0.2, -0.15) is 13.2 Å². The van der Waals surface area contributed by atoms with E-state index in [1.54, 1.807) is 36.4 Å². The van der Waals surface area contributed by atoms with E-state index >= 15 is 0 Å². The minimum Gasteiger partial charge on any atom is -0.484 e. The minimum absolute atomic E-state index is 0.0872. The average Bonchev–Trinajstić information content (AvgIpc) is 2.63. The molecule has 0 bridgehead atoms. The lowest BCUT2D eigenvalue weighted by Gasteiger charge is -2.10.